The third-order valence-corrected chi connectivity index (χ3v) is 8.89. The van der Waals surface area contributed by atoms with E-state index in [9.17, 15) is 9.59 Å². The largest absolute Gasteiger partial charge is 0.453 e. The van der Waals surface area contributed by atoms with E-state index in [-0.39, 0.29) is 23.3 Å². The maximum Gasteiger partial charge on any atom is 0.407 e. The van der Waals surface area contributed by atoms with E-state index >= 15 is 0 Å². The van der Waals surface area contributed by atoms with Gasteiger partial charge in [0.15, 0.2) is 0 Å². The van der Waals surface area contributed by atoms with E-state index in [2.05, 4.69) is 54.5 Å². The van der Waals surface area contributed by atoms with Crippen LogP contribution in [0.1, 0.15) is 89.2 Å². The number of alkyl carbamates (subject to hydrolysis) is 1. The lowest BCUT2D eigenvalue weighted by molar-refractivity contribution is -0.135. The summed E-state index contributed by atoms with van der Waals surface area (Å²) in [5, 5.41) is 2.72. The third kappa shape index (κ3) is 5.09. The average molecular weight is 558 g/mol. The number of nitrogens with two attached hydrogens (primary N) is 1. The van der Waals surface area contributed by atoms with Crippen molar-refractivity contribution in [2.75, 3.05) is 19.4 Å². The molecule has 2 amide bonds. The Morgan fingerprint density at radius 2 is 1.80 bits per heavy atom. The SMILES string of the molecule is CCCC1(CCC)c2cc(N)ccc2-c2ccc(-c3cnc([C@@H]4CCCN4C(=O)[C@@H](NC(=O)OC)C(C)C)[nH]3)cc21. The van der Waals surface area contributed by atoms with Gasteiger partial charge in [-0.3, -0.25) is 4.79 Å². The molecule has 0 unspecified atom stereocenters. The Bertz CT molecular complexity index is 1420. The number of rotatable bonds is 9. The van der Waals surface area contributed by atoms with Crippen LogP contribution in [0.4, 0.5) is 10.5 Å². The molecule has 1 fully saturated rings. The van der Waals surface area contributed by atoms with Crippen LogP contribution in [0.25, 0.3) is 22.4 Å². The minimum absolute atomic E-state index is 0.0599. The molecule has 0 spiro atoms. The number of nitrogens with one attached hydrogen (secondary N) is 2. The number of H-pyrrole nitrogens is 1. The van der Waals surface area contributed by atoms with E-state index < -0.39 is 12.1 Å². The van der Waals surface area contributed by atoms with Gasteiger partial charge in [0, 0.05) is 17.6 Å². The highest BCUT2D eigenvalue weighted by molar-refractivity contribution is 5.87. The molecule has 8 nitrogen and oxygen atoms in total. The second kappa shape index (κ2) is 11.6. The molecule has 2 heterocycles. The number of hydrogen-bond donors (Lipinski definition) is 3. The van der Waals surface area contributed by atoms with Crippen LogP contribution < -0.4 is 11.1 Å². The van der Waals surface area contributed by atoms with Crippen molar-refractivity contribution < 1.29 is 14.3 Å². The first kappa shape index (κ1) is 28.7. The summed E-state index contributed by atoms with van der Waals surface area (Å²) in [5.74, 6) is 0.591. The number of benzene rings is 2. The highest BCUT2D eigenvalue weighted by Gasteiger charge is 2.42. The third-order valence-electron chi connectivity index (χ3n) is 8.89. The number of methoxy groups -OCH3 is 1. The molecule has 3 aromatic rings. The standard InChI is InChI=1S/C33H43N5O3/c1-6-14-33(15-7-2)25-17-21(10-12-23(25)24-13-11-22(34)18-26(24)33)27-19-35-30(36-27)28-9-8-16-38(28)31(39)29(20(3)4)37-32(40)41-5/h10-13,17-20,28-29H,6-9,14-16,34H2,1-5H3,(H,35,36)(H,37,40)/t28-,29-/m0/s1. The van der Waals surface area contributed by atoms with E-state index in [1.807, 2.05) is 31.0 Å². The van der Waals surface area contributed by atoms with Crippen molar-refractivity contribution in [3.05, 3.63) is 59.5 Å². The number of fused-ring (bicyclic) bond motifs is 3. The Kier molecular flexibility index (Phi) is 8.11. The van der Waals surface area contributed by atoms with Gasteiger partial charge in [0.1, 0.15) is 11.9 Å². The number of amides is 2. The summed E-state index contributed by atoms with van der Waals surface area (Å²) in [5.41, 5.74) is 14.3. The fraction of sp³-hybridized carbons (Fsp3) is 0.485. The first-order valence-corrected chi connectivity index (χ1v) is 15.0. The molecular formula is C33H43N5O3. The van der Waals surface area contributed by atoms with Gasteiger partial charge in [-0.05, 0) is 77.6 Å². The monoisotopic (exact) mass is 557 g/mol. The van der Waals surface area contributed by atoms with Crippen molar-refractivity contribution in [1.29, 1.82) is 0 Å². The smallest absolute Gasteiger partial charge is 0.407 e. The summed E-state index contributed by atoms with van der Waals surface area (Å²) < 4.78 is 4.77. The Morgan fingerprint density at radius 3 is 2.46 bits per heavy atom. The predicted molar refractivity (Wildman–Crippen MR) is 162 cm³/mol. The van der Waals surface area contributed by atoms with Gasteiger partial charge in [-0.1, -0.05) is 58.7 Å². The average Bonchev–Trinajstić information content (AvgIpc) is 3.69. The summed E-state index contributed by atoms with van der Waals surface area (Å²) >= 11 is 0. The number of likely N-dealkylation sites (tertiary alicyclic amines) is 1. The van der Waals surface area contributed by atoms with E-state index in [1.54, 1.807) is 0 Å². The molecule has 1 saturated heterocycles. The van der Waals surface area contributed by atoms with Crippen LogP contribution in [-0.2, 0) is 14.9 Å². The molecule has 41 heavy (non-hydrogen) atoms. The van der Waals surface area contributed by atoms with Crippen LogP contribution in [0.15, 0.2) is 42.6 Å². The van der Waals surface area contributed by atoms with E-state index in [1.165, 1.54) is 29.4 Å². The zero-order chi connectivity index (χ0) is 29.3. The van der Waals surface area contributed by atoms with Gasteiger partial charge in [0.2, 0.25) is 5.91 Å². The maximum atomic E-state index is 13.6. The summed E-state index contributed by atoms with van der Waals surface area (Å²) in [6.07, 6.45) is 7.28. The van der Waals surface area contributed by atoms with Crippen molar-refractivity contribution in [3.8, 4) is 22.4 Å². The molecule has 0 radical (unpaired) electrons. The van der Waals surface area contributed by atoms with Crippen LogP contribution in [0, 0.1) is 5.92 Å². The number of ether oxygens (including phenoxy) is 1. The summed E-state index contributed by atoms with van der Waals surface area (Å²) in [6, 6.07) is 12.3. The quantitative estimate of drug-likeness (QED) is 0.258. The van der Waals surface area contributed by atoms with Gasteiger partial charge in [0.05, 0.1) is 25.0 Å². The predicted octanol–water partition coefficient (Wildman–Crippen LogP) is 6.57. The lowest BCUT2D eigenvalue weighted by atomic mass is 9.71. The Hall–Kier alpha value is -3.81. The lowest BCUT2D eigenvalue weighted by Crippen LogP contribution is -2.51. The summed E-state index contributed by atoms with van der Waals surface area (Å²) in [4.78, 5) is 35.6. The maximum absolute atomic E-state index is 13.6. The zero-order valence-corrected chi connectivity index (χ0v) is 24.9. The first-order chi connectivity index (χ1) is 19.7. The number of nitrogen functional groups attached to an aromatic ring is 1. The van der Waals surface area contributed by atoms with Crippen LogP contribution in [0.2, 0.25) is 0 Å². The molecule has 1 aliphatic heterocycles. The highest BCUT2D eigenvalue weighted by Crippen LogP contribution is 2.55. The van der Waals surface area contributed by atoms with Crippen molar-refractivity contribution in [3.63, 3.8) is 0 Å². The highest BCUT2D eigenvalue weighted by atomic mass is 16.5. The van der Waals surface area contributed by atoms with Crippen molar-refractivity contribution in [2.24, 2.45) is 5.92 Å². The molecule has 1 aliphatic carbocycles. The van der Waals surface area contributed by atoms with E-state index in [4.69, 9.17) is 15.5 Å². The first-order valence-electron chi connectivity index (χ1n) is 15.0. The molecule has 218 valence electrons. The number of aromatic amines is 1. The molecule has 5 rings (SSSR count). The number of anilines is 1. The van der Waals surface area contributed by atoms with Gasteiger partial charge < -0.3 is 25.7 Å². The number of carbonyl (C=O) groups excluding carboxylic acids is 2. The Balaban J connectivity index is 1.47. The number of aromatic nitrogens is 2. The van der Waals surface area contributed by atoms with Crippen molar-refractivity contribution in [1.82, 2.24) is 20.2 Å². The number of hydrogen-bond acceptors (Lipinski definition) is 5. The molecular weight excluding hydrogens is 514 g/mol. The fourth-order valence-corrected chi connectivity index (χ4v) is 7.04. The van der Waals surface area contributed by atoms with Crippen LogP contribution in [-0.4, -0.2) is 46.6 Å². The van der Waals surface area contributed by atoms with Gasteiger partial charge in [-0.25, -0.2) is 9.78 Å². The van der Waals surface area contributed by atoms with Gasteiger partial charge in [-0.15, -0.1) is 0 Å². The number of nitrogens with zero attached hydrogens (tertiary/aromatic N) is 2. The molecule has 2 aliphatic rings. The molecule has 0 saturated carbocycles. The molecule has 2 aromatic carbocycles. The van der Waals surface area contributed by atoms with Gasteiger partial charge in [0.25, 0.3) is 0 Å². The van der Waals surface area contributed by atoms with Crippen molar-refractivity contribution in [2.45, 2.75) is 83.7 Å². The normalized spacial score (nSPS) is 17.8. The summed E-state index contributed by atoms with van der Waals surface area (Å²) in [7, 11) is 1.31. The molecule has 1 aromatic heterocycles. The molecule has 4 N–H and O–H groups in total. The topological polar surface area (TPSA) is 113 Å². The second-order valence-electron chi connectivity index (χ2n) is 11.9. The molecule has 8 heteroatoms. The molecule has 2 atom stereocenters. The minimum atomic E-state index is -0.657. The number of carbonyl (C=O) groups is 2. The lowest BCUT2D eigenvalue weighted by Gasteiger charge is -2.32. The molecule has 0 bridgehead atoms. The Morgan fingerprint density at radius 1 is 1.12 bits per heavy atom. The van der Waals surface area contributed by atoms with E-state index in [0.29, 0.717) is 6.54 Å². The Labute approximate surface area is 243 Å². The van der Waals surface area contributed by atoms with Crippen LogP contribution in [0.5, 0.6) is 0 Å². The minimum Gasteiger partial charge on any atom is -0.453 e. The second-order valence-corrected chi connectivity index (χ2v) is 11.9. The zero-order valence-electron chi connectivity index (χ0n) is 24.9. The van der Waals surface area contributed by atoms with Crippen LogP contribution >= 0.6 is 0 Å². The summed E-state index contributed by atoms with van der Waals surface area (Å²) in [6.45, 7) is 8.98. The number of imidazole rings is 1. The van der Waals surface area contributed by atoms with Crippen molar-refractivity contribution >= 4 is 17.7 Å². The van der Waals surface area contributed by atoms with Crippen LogP contribution in [0.3, 0.4) is 0 Å². The van der Waals surface area contributed by atoms with E-state index in [0.717, 1.165) is 61.3 Å². The van der Waals surface area contributed by atoms with Gasteiger partial charge >= 0.3 is 6.09 Å². The van der Waals surface area contributed by atoms with Gasteiger partial charge in [-0.2, -0.15) is 0 Å². The fourth-order valence-electron chi connectivity index (χ4n) is 7.04.